The van der Waals surface area contributed by atoms with Gasteiger partial charge in [-0.15, -0.1) is 16.5 Å². The van der Waals surface area contributed by atoms with Gasteiger partial charge in [0.1, 0.15) is 21.3 Å². The summed E-state index contributed by atoms with van der Waals surface area (Å²) in [7, 11) is -4.41. The van der Waals surface area contributed by atoms with E-state index in [1.54, 1.807) is 67.6 Å². The third-order valence-electron chi connectivity index (χ3n) is 5.44. The molecule has 39 heavy (non-hydrogen) atoms. The molecule has 1 heterocycles. The summed E-state index contributed by atoms with van der Waals surface area (Å²) < 4.78 is 33.8. The van der Waals surface area contributed by atoms with E-state index in [2.05, 4.69) is 25.4 Å². The minimum absolute atomic E-state index is 0. The van der Waals surface area contributed by atoms with Crippen LogP contribution in [0.1, 0.15) is 5.56 Å². The van der Waals surface area contributed by atoms with Crippen LogP contribution >= 0.6 is 11.3 Å². The molecular weight excluding hydrogens is 549 g/mol. The van der Waals surface area contributed by atoms with E-state index in [0.29, 0.717) is 37.7 Å². The molecule has 0 aliphatic carbocycles. The summed E-state index contributed by atoms with van der Waals surface area (Å²) in [6.45, 7) is 1.61. The molecule has 0 aliphatic heterocycles. The largest absolute Gasteiger partial charge is 1.00 e. The van der Waals surface area contributed by atoms with Gasteiger partial charge in [-0.2, -0.15) is 23.8 Å². The molecule has 0 saturated carbocycles. The minimum atomic E-state index is -4.41. The zero-order chi connectivity index (χ0) is 26.9. The molecular formula is C26H18N5NaO5S2. The van der Waals surface area contributed by atoms with Gasteiger partial charge in [0.25, 0.3) is 10.1 Å². The number of aryl methyl sites for hydroxylation is 1. The maximum atomic E-state index is 12.3. The van der Waals surface area contributed by atoms with Crippen molar-refractivity contribution < 1.29 is 52.7 Å². The standard InChI is InChI=1S/C26H19N5O5S2.Na/c1-15-7-12-19-24(25(15)38(34,35)36)37-26(27-19)16-8-10-18(11-9-16)29-31-21-13-20(22(32)14-23(21)33)30-28-17-5-3-2-4-6-17;/h2-14,32-33H,1H3,(H,34,35,36);/q;+1/p-1. The van der Waals surface area contributed by atoms with Crippen LogP contribution in [0.2, 0.25) is 0 Å². The Morgan fingerprint density at radius 3 is 2.15 bits per heavy atom. The minimum Gasteiger partial charge on any atom is -0.871 e. The number of rotatable bonds is 6. The molecule has 0 unspecified atom stereocenters. The molecule has 0 saturated heterocycles. The summed E-state index contributed by atoms with van der Waals surface area (Å²) in [5.74, 6) is -0.845. The van der Waals surface area contributed by atoms with Crippen LogP contribution in [-0.2, 0) is 10.1 Å². The van der Waals surface area contributed by atoms with Crippen LogP contribution in [0.4, 0.5) is 22.7 Å². The van der Waals surface area contributed by atoms with E-state index in [4.69, 9.17) is 0 Å². The fraction of sp³-hybridized carbons (Fsp3) is 0.0385. The number of aromatic hydroxyl groups is 1. The molecule has 0 spiro atoms. The van der Waals surface area contributed by atoms with Gasteiger partial charge in [0.15, 0.2) is 0 Å². The monoisotopic (exact) mass is 567 g/mol. The molecule has 0 bridgehead atoms. The summed E-state index contributed by atoms with van der Waals surface area (Å²) in [5, 5.41) is 39.1. The maximum Gasteiger partial charge on any atom is 1.00 e. The number of fused-ring (bicyclic) bond motifs is 1. The quantitative estimate of drug-likeness (QED) is 0.178. The van der Waals surface area contributed by atoms with Crippen molar-refractivity contribution in [3.63, 3.8) is 0 Å². The fourth-order valence-corrected chi connectivity index (χ4v) is 5.92. The van der Waals surface area contributed by atoms with E-state index in [9.17, 15) is 23.2 Å². The number of benzene rings is 4. The average Bonchev–Trinajstić information content (AvgIpc) is 3.31. The Kier molecular flexibility index (Phi) is 8.54. The number of phenols is 1. The number of thiazole rings is 1. The smallest absolute Gasteiger partial charge is 0.871 e. The molecule has 5 rings (SSSR count). The molecule has 0 fully saturated rings. The van der Waals surface area contributed by atoms with Crippen LogP contribution in [0.3, 0.4) is 0 Å². The van der Waals surface area contributed by atoms with Crippen LogP contribution in [0.5, 0.6) is 11.5 Å². The SMILES string of the molecule is Cc1ccc2nc(-c3ccc(N=Nc4cc(N=Nc5ccccc5)c(O)cc4[O-])cc3)sc2c1S(=O)(=O)O.[Na+]. The number of hydrogen-bond acceptors (Lipinski definition) is 10. The third-order valence-corrected chi connectivity index (χ3v) is 7.75. The van der Waals surface area contributed by atoms with E-state index in [1.165, 1.54) is 6.07 Å². The molecule has 190 valence electrons. The van der Waals surface area contributed by atoms with Crippen LogP contribution in [-0.4, -0.2) is 23.1 Å². The Balaban J connectivity index is 0.00000353. The summed E-state index contributed by atoms with van der Waals surface area (Å²) >= 11 is 1.15. The number of aromatic nitrogens is 1. The number of azo groups is 2. The molecule has 10 nitrogen and oxygen atoms in total. The van der Waals surface area contributed by atoms with Crippen molar-refractivity contribution in [2.24, 2.45) is 20.5 Å². The number of nitrogens with zero attached hydrogens (tertiary/aromatic N) is 5. The fourth-order valence-electron chi connectivity index (χ4n) is 3.60. The molecule has 0 aliphatic rings. The summed E-state index contributed by atoms with van der Waals surface area (Å²) in [5.41, 5.74) is 2.69. The van der Waals surface area contributed by atoms with Crippen molar-refractivity contribution in [3.05, 3.63) is 84.4 Å². The molecule has 0 atom stereocenters. The van der Waals surface area contributed by atoms with Gasteiger partial charge in [0.05, 0.1) is 27.3 Å². The van der Waals surface area contributed by atoms with Gasteiger partial charge in [-0.25, -0.2) is 4.98 Å². The van der Waals surface area contributed by atoms with Gasteiger partial charge in [-0.3, -0.25) is 4.55 Å². The summed E-state index contributed by atoms with van der Waals surface area (Å²) in [4.78, 5) is 4.35. The molecule has 13 heteroatoms. The van der Waals surface area contributed by atoms with E-state index < -0.39 is 15.9 Å². The van der Waals surface area contributed by atoms with Crippen LogP contribution in [0.25, 0.3) is 20.8 Å². The normalized spacial score (nSPS) is 11.8. The maximum absolute atomic E-state index is 12.3. The second-order valence-corrected chi connectivity index (χ2v) is 10.5. The van der Waals surface area contributed by atoms with E-state index in [0.717, 1.165) is 17.4 Å². The van der Waals surface area contributed by atoms with Gasteiger partial charge in [-0.05, 0) is 67.1 Å². The Hall–Kier alpha value is -3.52. The van der Waals surface area contributed by atoms with E-state index >= 15 is 0 Å². The van der Waals surface area contributed by atoms with Gasteiger partial charge >= 0.3 is 29.6 Å². The van der Waals surface area contributed by atoms with Crippen molar-refractivity contribution >= 4 is 54.4 Å². The molecule has 0 amide bonds. The zero-order valence-electron chi connectivity index (χ0n) is 20.7. The van der Waals surface area contributed by atoms with Crippen molar-refractivity contribution in [3.8, 4) is 22.1 Å². The first kappa shape index (κ1) is 28.5. The molecule has 1 aromatic heterocycles. The average molecular weight is 568 g/mol. The van der Waals surface area contributed by atoms with Crippen molar-refractivity contribution in [2.75, 3.05) is 0 Å². The van der Waals surface area contributed by atoms with Gasteiger partial charge in [0.2, 0.25) is 0 Å². The van der Waals surface area contributed by atoms with Gasteiger partial charge in [-0.1, -0.05) is 30.0 Å². The predicted octanol–water partition coefficient (Wildman–Crippen LogP) is 4.13. The third kappa shape index (κ3) is 6.38. The van der Waals surface area contributed by atoms with E-state index in [-0.39, 0.29) is 51.6 Å². The van der Waals surface area contributed by atoms with E-state index in [1.807, 2.05) is 6.07 Å². The molecule has 0 radical (unpaired) electrons. The van der Waals surface area contributed by atoms with Gasteiger partial charge in [0, 0.05) is 5.56 Å². The Morgan fingerprint density at radius 2 is 1.49 bits per heavy atom. The molecule has 4 aromatic carbocycles. The van der Waals surface area contributed by atoms with Crippen molar-refractivity contribution in [1.29, 1.82) is 0 Å². The Bertz CT molecular complexity index is 1820. The van der Waals surface area contributed by atoms with Gasteiger partial charge < -0.3 is 10.2 Å². The van der Waals surface area contributed by atoms with Crippen LogP contribution < -0.4 is 34.7 Å². The zero-order valence-corrected chi connectivity index (χ0v) is 24.3. The second kappa shape index (κ2) is 11.7. The number of hydrogen-bond donors (Lipinski definition) is 2. The first-order valence-corrected chi connectivity index (χ1v) is 13.4. The summed E-state index contributed by atoms with van der Waals surface area (Å²) in [6.07, 6.45) is 0. The first-order chi connectivity index (χ1) is 18.2. The topological polar surface area (TPSA) is 160 Å². The molecule has 5 aromatic rings. The van der Waals surface area contributed by atoms with Crippen molar-refractivity contribution in [1.82, 2.24) is 4.98 Å². The Morgan fingerprint density at radius 1 is 0.846 bits per heavy atom. The summed E-state index contributed by atoms with van der Waals surface area (Å²) in [6, 6.07) is 21.3. The van der Waals surface area contributed by atoms with Crippen LogP contribution in [0, 0.1) is 6.92 Å². The first-order valence-electron chi connectivity index (χ1n) is 11.1. The Labute approximate surface area is 249 Å². The predicted molar refractivity (Wildman–Crippen MR) is 142 cm³/mol. The second-order valence-electron chi connectivity index (χ2n) is 8.14. The van der Waals surface area contributed by atoms with Crippen molar-refractivity contribution in [2.45, 2.75) is 11.8 Å². The van der Waals surface area contributed by atoms with Crippen LogP contribution in [0.15, 0.2) is 104 Å². The number of phenolic OH excluding ortho intramolecular Hbond substituents is 1. The molecule has 2 N–H and O–H groups in total.